The molecule has 9 heteroatoms. The van der Waals surface area contributed by atoms with E-state index >= 15 is 0 Å². The van der Waals surface area contributed by atoms with E-state index in [-0.39, 0.29) is 17.2 Å². The lowest BCUT2D eigenvalue weighted by atomic mass is 10.2. The summed E-state index contributed by atoms with van der Waals surface area (Å²) in [5.41, 5.74) is 0.276. The molecule has 1 aromatic heterocycles. The van der Waals surface area contributed by atoms with Crippen LogP contribution in [-0.4, -0.2) is 30.1 Å². The van der Waals surface area contributed by atoms with Crippen molar-refractivity contribution in [3.05, 3.63) is 66.0 Å². The van der Waals surface area contributed by atoms with Gasteiger partial charge in [0.1, 0.15) is 17.3 Å². The maximum absolute atomic E-state index is 13.7. The Balaban J connectivity index is 1.72. The van der Waals surface area contributed by atoms with Gasteiger partial charge < -0.3 is 20.1 Å². The molecule has 1 amide bonds. The molecule has 0 saturated heterocycles. The molecule has 7 nitrogen and oxygen atoms in total. The highest BCUT2D eigenvalue weighted by atomic mass is 19.1. The highest BCUT2D eigenvalue weighted by Crippen LogP contribution is 2.30. The zero-order chi connectivity index (χ0) is 20.1. The number of ether oxygens (including phenoxy) is 2. The number of benzene rings is 2. The number of anilines is 3. The number of hydrogen-bond donors (Lipinski definition) is 2. The van der Waals surface area contributed by atoms with Gasteiger partial charge >= 0.3 is 0 Å². The van der Waals surface area contributed by atoms with Gasteiger partial charge in [-0.1, -0.05) is 6.07 Å². The van der Waals surface area contributed by atoms with Gasteiger partial charge in [0.25, 0.3) is 5.91 Å². The van der Waals surface area contributed by atoms with Crippen LogP contribution < -0.4 is 20.1 Å². The third-order valence-corrected chi connectivity index (χ3v) is 3.76. The van der Waals surface area contributed by atoms with Crippen molar-refractivity contribution < 1.29 is 23.0 Å². The average molecular weight is 386 g/mol. The summed E-state index contributed by atoms with van der Waals surface area (Å²) in [6.07, 6.45) is 2.48. The maximum atomic E-state index is 13.7. The van der Waals surface area contributed by atoms with E-state index in [1.807, 2.05) is 0 Å². The molecule has 0 saturated carbocycles. The number of para-hydroxylation sites is 1. The van der Waals surface area contributed by atoms with Crippen molar-refractivity contribution in [3.8, 4) is 11.5 Å². The molecule has 0 bridgehead atoms. The minimum absolute atomic E-state index is 0.0494. The summed E-state index contributed by atoms with van der Waals surface area (Å²) in [7, 11) is 3.00. The topological polar surface area (TPSA) is 85.4 Å². The molecule has 3 rings (SSSR count). The predicted molar refractivity (Wildman–Crippen MR) is 99.2 cm³/mol. The molecule has 2 N–H and O–H groups in total. The smallest absolute Gasteiger partial charge is 0.258 e. The van der Waals surface area contributed by atoms with E-state index in [1.54, 1.807) is 18.2 Å². The maximum Gasteiger partial charge on any atom is 0.258 e. The minimum Gasteiger partial charge on any atom is -0.493 e. The fourth-order valence-corrected chi connectivity index (χ4v) is 2.36. The Hall–Kier alpha value is -3.75. The third kappa shape index (κ3) is 4.14. The summed E-state index contributed by atoms with van der Waals surface area (Å²) in [6, 6.07) is 8.37. The Morgan fingerprint density at radius 2 is 1.61 bits per heavy atom. The zero-order valence-electron chi connectivity index (χ0n) is 15.0. The van der Waals surface area contributed by atoms with E-state index in [9.17, 15) is 13.6 Å². The van der Waals surface area contributed by atoms with E-state index in [0.29, 0.717) is 17.2 Å². The molecule has 28 heavy (non-hydrogen) atoms. The Morgan fingerprint density at radius 1 is 0.964 bits per heavy atom. The number of nitrogens with one attached hydrogen (secondary N) is 2. The van der Waals surface area contributed by atoms with Crippen LogP contribution in [0.1, 0.15) is 10.4 Å². The average Bonchev–Trinajstić information content (AvgIpc) is 2.71. The van der Waals surface area contributed by atoms with Crippen LogP contribution in [0.15, 0.2) is 48.8 Å². The number of rotatable bonds is 6. The molecule has 2 aromatic carbocycles. The van der Waals surface area contributed by atoms with Gasteiger partial charge in [0.05, 0.1) is 19.8 Å². The van der Waals surface area contributed by atoms with Gasteiger partial charge in [0.2, 0.25) is 5.95 Å². The summed E-state index contributed by atoms with van der Waals surface area (Å²) < 4.78 is 37.6. The van der Waals surface area contributed by atoms with Crippen molar-refractivity contribution in [2.45, 2.75) is 0 Å². The molecule has 144 valence electrons. The number of carbonyl (C=O) groups excluding carboxylic acids is 1. The van der Waals surface area contributed by atoms with Crippen molar-refractivity contribution in [1.82, 2.24) is 9.97 Å². The molecular weight excluding hydrogens is 370 g/mol. The Labute approximate surface area is 159 Å². The van der Waals surface area contributed by atoms with Crippen LogP contribution in [0.3, 0.4) is 0 Å². The lowest BCUT2D eigenvalue weighted by molar-refractivity contribution is 0.102. The van der Waals surface area contributed by atoms with Crippen LogP contribution in [0.2, 0.25) is 0 Å². The van der Waals surface area contributed by atoms with Crippen LogP contribution in [0, 0.1) is 11.6 Å². The summed E-state index contributed by atoms with van der Waals surface area (Å²) >= 11 is 0. The van der Waals surface area contributed by atoms with Crippen LogP contribution in [0.4, 0.5) is 26.1 Å². The van der Waals surface area contributed by atoms with Gasteiger partial charge in [-0.15, -0.1) is 0 Å². The number of amides is 1. The molecule has 0 unspecified atom stereocenters. The summed E-state index contributed by atoms with van der Waals surface area (Å²) in [4.78, 5) is 20.2. The second-order valence-electron chi connectivity index (χ2n) is 5.54. The second kappa shape index (κ2) is 8.30. The molecule has 0 spiro atoms. The quantitative estimate of drug-likeness (QED) is 0.671. The van der Waals surface area contributed by atoms with Crippen LogP contribution >= 0.6 is 0 Å². The first kappa shape index (κ1) is 19.0. The molecule has 0 aliphatic rings. The number of aromatic nitrogens is 2. The minimum atomic E-state index is -0.779. The summed E-state index contributed by atoms with van der Waals surface area (Å²) in [5, 5.41) is 5.13. The first-order valence-electron chi connectivity index (χ1n) is 8.08. The molecule has 0 aliphatic carbocycles. The van der Waals surface area contributed by atoms with Crippen molar-refractivity contribution in [2.24, 2.45) is 0 Å². The number of methoxy groups -OCH3 is 2. The van der Waals surface area contributed by atoms with E-state index in [4.69, 9.17) is 9.47 Å². The molecule has 0 radical (unpaired) electrons. The van der Waals surface area contributed by atoms with Crippen LogP contribution in [-0.2, 0) is 0 Å². The molecule has 0 fully saturated rings. The Kier molecular flexibility index (Phi) is 5.64. The van der Waals surface area contributed by atoms with Gasteiger partial charge in [0, 0.05) is 24.1 Å². The summed E-state index contributed by atoms with van der Waals surface area (Å²) in [6.45, 7) is 0. The van der Waals surface area contributed by atoms with Gasteiger partial charge in [-0.25, -0.2) is 18.7 Å². The number of hydrogen-bond acceptors (Lipinski definition) is 6. The first-order valence-corrected chi connectivity index (χ1v) is 8.08. The van der Waals surface area contributed by atoms with E-state index < -0.39 is 17.5 Å². The lowest BCUT2D eigenvalue weighted by Crippen LogP contribution is -2.13. The molecule has 1 heterocycles. The summed E-state index contributed by atoms with van der Waals surface area (Å²) in [5.74, 6) is -1.08. The fourth-order valence-electron chi connectivity index (χ4n) is 2.36. The van der Waals surface area contributed by atoms with E-state index in [0.717, 1.165) is 12.1 Å². The highest BCUT2D eigenvalue weighted by molar-refractivity contribution is 6.04. The monoisotopic (exact) mass is 386 g/mol. The number of halogens is 2. The molecular formula is C19H16F2N4O3. The van der Waals surface area contributed by atoms with Crippen molar-refractivity contribution in [2.75, 3.05) is 24.9 Å². The molecule has 0 aliphatic heterocycles. The van der Waals surface area contributed by atoms with E-state index in [1.165, 1.54) is 32.7 Å². The highest BCUT2D eigenvalue weighted by Gasteiger charge is 2.12. The normalized spacial score (nSPS) is 10.3. The number of nitrogens with zero attached hydrogens (tertiary/aromatic N) is 2. The molecule has 3 aromatic rings. The van der Waals surface area contributed by atoms with Gasteiger partial charge in [-0.3, -0.25) is 4.79 Å². The molecule has 0 atom stereocenters. The Morgan fingerprint density at radius 3 is 2.21 bits per heavy atom. The van der Waals surface area contributed by atoms with Gasteiger partial charge in [0.15, 0.2) is 11.5 Å². The second-order valence-corrected chi connectivity index (χ2v) is 5.54. The first-order chi connectivity index (χ1) is 13.5. The lowest BCUT2D eigenvalue weighted by Gasteiger charge is -2.11. The fraction of sp³-hybridized carbons (Fsp3) is 0.105. The van der Waals surface area contributed by atoms with Crippen LogP contribution in [0.25, 0.3) is 0 Å². The Bertz CT molecular complexity index is 977. The largest absolute Gasteiger partial charge is 0.493 e. The van der Waals surface area contributed by atoms with Gasteiger partial charge in [-0.2, -0.15) is 0 Å². The SMILES string of the molecule is COc1ccc(NC(=O)c2cnc(Nc3c(F)cccc3F)nc2)cc1OC. The third-order valence-electron chi connectivity index (χ3n) is 3.76. The van der Waals surface area contributed by atoms with Crippen molar-refractivity contribution in [1.29, 1.82) is 0 Å². The standard InChI is InChI=1S/C19H16F2N4O3/c1-27-15-7-6-12(8-16(15)28-2)24-18(26)11-9-22-19(23-10-11)25-17-13(20)4-3-5-14(17)21/h3-10H,1-2H3,(H,24,26)(H,22,23,25). The van der Waals surface area contributed by atoms with Crippen molar-refractivity contribution >= 4 is 23.2 Å². The van der Waals surface area contributed by atoms with Crippen molar-refractivity contribution in [3.63, 3.8) is 0 Å². The number of carbonyl (C=O) groups is 1. The zero-order valence-corrected chi connectivity index (χ0v) is 15.0. The van der Waals surface area contributed by atoms with Crippen LogP contribution in [0.5, 0.6) is 11.5 Å². The van der Waals surface area contributed by atoms with Gasteiger partial charge in [-0.05, 0) is 24.3 Å². The van der Waals surface area contributed by atoms with E-state index in [2.05, 4.69) is 20.6 Å². The predicted octanol–water partition coefficient (Wildman–Crippen LogP) is 3.77.